The van der Waals surface area contributed by atoms with Crippen molar-refractivity contribution >= 4 is 38.9 Å². The molecule has 0 spiro atoms. The Hall–Kier alpha value is 0.430. The SMILES string of the molecule is CC(C)C1(Cc2cc(Br)c(Cl)s2)CCCN1. The summed E-state index contributed by atoms with van der Waals surface area (Å²) < 4.78 is 1.90. The molecule has 1 unspecified atom stereocenters. The van der Waals surface area contributed by atoms with Crippen LogP contribution < -0.4 is 5.32 Å². The Balaban J connectivity index is 2.17. The number of hydrogen-bond acceptors (Lipinski definition) is 2. The van der Waals surface area contributed by atoms with E-state index in [4.69, 9.17) is 11.6 Å². The molecule has 1 N–H and O–H groups in total. The number of nitrogens with one attached hydrogen (secondary N) is 1. The van der Waals surface area contributed by atoms with Crippen molar-refractivity contribution in [3.8, 4) is 0 Å². The van der Waals surface area contributed by atoms with E-state index >= 15 is 0 Å². The van der Waals surface area contributed by atoms with Gasteiger partial charge in [-0.1, -0.05) is 25.4 Å². The van der Waals surface area contributed by atoms with Crippen molar-refractivity contribution in [2.24, 2.45) is 5.92 Å². The molecule has 1 saturated heterocycles. The van der Waals surface area contributed by atoms with Gasteiger partial charge in [0.2, 0.25) is 0 Å². The molecule has 90 valence electrons. The fraction of sp³-hybridized carbons (Fsp3) is 0.667. The van der Waals surface area contributed by atoms with Gasteiger partial charge >= 0.3 is 0 Å². The second-order valence-electron chi connectivity index (χ2n) is 4.85. The smallest absolute Gasteiger partial charge is 0.107 e. The summed E-state index contributed by atoms with van der Waals surface area (Å²) in [4.78, 5) is 1.37. The van der Waals surface area contributed by atoms with Crippen LogP contribution in [0.15, 0.2) is 10.5 Å². The monoisotopic (exact) mass is 321 g/mol. The van der Waals surface area contributed by atoms with Crippen LogP contribution in [0.25, 0.3) is 0 Å². The van der Waals surface area contributed by atoms with Gasteiger partial charge in [-0.2, -0.15) is 0 Å². The standard InChI is InChI=1S/C12H17BrClNS/c1-8(2)12(4-3-5-15-12)7-9-6-10(13)11(14)16-9/h6,8,15H,3-5,7H2,1-2H3. The predicted octanol–water partition coefficient (Wildman–Crippen LogP) is 4.48. The highest BCUT2D eigenvalue weighted by atomic mass is 79.9. The molecular weight excluding hydrogens is 306 g/mol. The Bertz CT molecular complexity index is 350. The minimum atomic E-state index is 0.285. The Labute approximate surface area is 115 Å². The van der Waals surface area contributed by atoms with E-state index in [0.717, 1.165) is 21.8 Å². The van der Waals surface area contributed by atoms with Crippen LogP contribution in [0.4, 0.5) is 0 Å². The molecule has 1 nitrogen and oxygen atoms in total. The number of hydrogen-bond donors (Lipinski definition) is 1. The summed E-state index contributed by atoms with van der Waals surface area (Å²) in [6, 6.07) is 2.16. The molecule has 1 aromatic rings. The lowest BCUT2D eigenvalue weighted by Crippen LogP contribution is -2.46. The first-order valence-electron chi connectivity index (χ1n) is 5.72. The van der Waals surface area contributed by atoms with E-state index in [2.05, 4.69) is 41.2 Å². The van der Waals surface area contributed by atoms with Crippen molar-refractivity contribution in [1.29, 1.82) is 0 Å². The molecule has 16 heavy (non-hydrogen) atoms. The summed E-state index contributed by atoms with van der Waals surface area (Å²) >= 11 is 11.3. The van der Waals surface area contributed by atoms with Crippen LogP contribution in [0.2, 0.25) is 4.34 Å². The van der Waals surface area contributed by atoms with Crippen molar-refractivity contribution in [2.75, 3.05) is 6.54 Å². The average molecular weight is 323 g/mol. The Morgan fingerprint density at radius 1 is 1.62 bits per heavy atom. The van der Waals surface area contributed by atoms with E-state index in [1.807, 2.05) is 0 Å². The Morgan fingerprint density at radius 2 is 2.38 bits per heavy atom. The highest BCUT2D eigenvalue weighted by Crippen LogP contribution is 2.37. The molecule has 0 aliphatic carbocycles. The van der Waals surface area contributed by atoms with Gasteiger partial charge in [0, 0.05) is 21.3 Å². The molecule has 2 heterocycles. The number of halogens is 2. The molecule has 1 fully saturated rings. The highest BCUT2D eigenvalue weighted by molar-refractivity contribution is 9.10. The van der Waals surface area contributed by atoms with E-state index in [-0.39, 0.29) is 5.54 Å². The zero-order valence-electron chi connectivity index (χ0n) is 9.65. The fourth-order valence-electron chi connectivity index (χ4n) is 2.47. The van der Waals surface area contributed by atoms with Gasteiger partial charge < -0.3 is 5.32 Å². The third kappa shape index (κ3) is 2.47. The van der Waals surface area contributed by atoms with Crippen molar-refractivity contribution in [3.05, 3.63) is 19.8 Å². The zero-order valence-corrected chi connectivity index (χ0v) is 12.8. The van der Waals surface area contributed by atoms with Crippen LogP contribution in [0.1, 0.15) is 31.6 Å². The van der Waals surface area contributed by atoms with Crippen LogP contribution >= 0.6 is 38.9 Å². The lowest BCUT2D eigenvalue weighted by molar-refractivity contribution is 0.271. The molecule has 0 amide bonds. The largest absolute Gasteiger partial charge is 0.311 e. The fourth-order valence-corrected chi connectivity index (χ4v) is 4.38. The van der Waals surface area contributed by atoms with Gasteiger partial charge in [0.15, 0.2) is 0 Å². The van der Waals surface area contributed by atoms with E-state index < -0.39 is 0 Å². The molecule has 1 aliphatic rings. The lowest BCUT2D eigenvalue weighted by Gasteiger charge is -2.33. The zero-order chi connectivity index (χ0) is 11.8. The van der Waals surface area contributed by atoms with Gasteiger partial charge in [-0.15, -0.1) is 11.3 Å². The maximum atomic E-state index is 6.09. The molecule has 1 aromatic heterocycles. The first-order valence-corrected chi connectivity index (χ1v) is 7.71. The van der Waals surface area contributed by atoms with Crippen LogP contribution in [0.5, 0.6) is 0 Å². The molecule has 0 aromatic carbocycles. The summed E-state index contributed by atoms with van der Waals surface area (Å²) in [6.07, 6.45) is 3.66. The van der Waals surface area contributed by atoms with Crippen molar-refractivity contribution in [1.82, 2.24) is 5.32 Å². The van der Waals surface area contributed by atoms with Gasteiger partial charge in [-0.05, 0) is 47.3 Å². The second-order valence-corrected chi connectivity index (χ2v) is 7.45. The second kappa shape index (κ2) is 4.97. The van der Waals surface area contributed by atoms with Gasteiger partial charge in [-0.3, -0.25) is 0 Å². The van der Waals surface area contributed by atoms with E-state index in [9.17, 15) is 0 Å². The van der Waals surface area contributed by atoms with Gasteiger partial charge in [-0.25, -0.2) is 0 Å². The molecule has 0 radical (unpaired) electrons. The third-order valence-electron chi connectivity index (χ3n) is 3.57. The molecule has 1 aliphatic heterocycles. The van der Waals surface area contributed by atoms with Gasteiger partial charge in [0.1, 0.15) is 4.34 Å². The van der Waals surface area contributed by atoms with E-state index in [1.165, 1.54) is 17.7 Å². The van der Waals surface area contributed by atoms with Crippen LogP contribution in [0.3, 0.4) is 0 Å². The molecule has 0 saturated carbocycles. The average Bonchev–Trinajstić information content (AvgIpc) is 2.77. The first kappa shape index (κ1) is 12.9. The Morgan fingerprint density at radius 3 is 2.81 bits per heavy atom. The van der Waals surface area contributed by atoms with Gasteiger partial charge in [0.05, 0.1) is 0 Å². The maximum absolute atomic E-state index is 6.09. The minimum Gasteiger partial charge on any atom is -0.311 e. The number of rotatable bonds is 3. The highest BCUT2D eigenvalue weighted by Gasteiger charge is 2.36. The van der Waals surface area contributed by atoms with Crippen LogP contribution in [-0.2, 0) is 6.42 Å². The van der Waals surface area contributed by atoms with Crippen LogP contribution in [-0.4, -0.2) is 12.1 Å². The lowest BCUT2D eigenvalue weighted by atomic mass is 9.81. The molecule has 1 atom stereocenters. The summed E-state index contributed by atoms with van der Waals surface area (Å²) in [6.45, 7) is 5.77. The van der Waals surface area contributed by atoms with Crippen molar-refractivity contribution < 1.29 is 0 Å². The predicted molar refractivity (Wildman–Crippen MR) is 75.5 cm³/mol. The molecule has 0 bridgehead atoms. The summed E-state index contributed by atoms with van der Waals surface area (Å²) in [7, 11) is 0. The minimum absolute atomic E-state index is 0.285. The molecule has 4 heteroatoms. The van der Waals surface area contributed by atoms with Gasteiger partial charge in [0.25, 0.3) is 0 Å². The normalized spacial score (nSPS) is 25.6. The molecule has 2 rings (SSSR count). The van der Waals surface area contributed by atoms with Crippen molar-refractivity contribution in [3.63, 3.8) is 0 Å². The Kier molecular flexibility index (Phi) is 4.00. The summed E-state index contributed by atoms with van der Waals surface area (Å²) in [5.41, 5.74) is 0.285. The van der Waals surface area contributed by atoms with E-state index in [0.29, 0.717) is 5.92 Å². The summed E-state index contributed by atoms with van der Waals surface area (Å²) in [5, 5.41) is 3.70. The first-order chi connectivity index (χ1) is 7.53. The molecular formula is C12H17BrClNS. The van der Waals surface area contributed by atoms with Crippen molar-refractivity contribution in [2.45, 2.75) is 38.6 Å². The quantitative estimate of drug-likeness (QED) is 0.865. The third-order valence-corrected chi connectivity index (χ3v) is 6.04. The summed E-state index contributed by atoms with van der Waals surface area (Å²) in [5.74, 6) is 0.662. The van der Waals surface area contributed by atoms with Crippen LogP contribution in [0, 0.1) is 5.92 Å². The maximum Gasteiger partial charge on any atom is 0.107 e. The topological polar surface area (TPSA) is 12.0 Å². The van der Waals surface area contributed by atoms with E-state index in [1.54, 1.807) is 11.3 Å². The number of thiophene rings is 1.